The second kappa shape index (κ2) is 6.63. The SMILES string of the molecule is Cc1cc([O-])c(C[NH+]2CCN(C)CC2)c2c1C(=O)C(=Cc1ccco1)O2. The molecule has 1 aromatic carbocycles. The quantitative estimate of drug-likeness (QED) is 0.818. The highest BCUT2D eigenvalue weighted by atomic mass is 16.5. The molecule has 26 heavy (non-hydrogen) atoms. The van der Waals surface area contributed by atoms with Crippen LogP contribution in [0, 0.1) is 6.92 Å². The van der Waals surface area contributed by atoms with Gasteiger partial charge in [-0.1, -0.05) is 11.8 Å². The van der Waals surface area contributed by atoms with E-state index in [9.17, 15) is 9.90 Å². The number of rotatable bonds is 3. The minimum Gasteiger partial charge on any atom is -0.872 e. The molecule has 0 aliphatic carbocycles. The maximum Gasteiger partial charge on any atom is 0.232 e. The highest BCUT2D eigenvalue weighted by molar-refractivity contribution is 6.15. The van der Waals surface area contributed by atoms with Crippen LogP contribution < -0.4 is 14.7 Å². The van der Waals surface area contributed by atoms with Gasteiger partial charge in [-0.25, -0.2) is 0 Å². The number of carbonyl (C=O) groups excluding carboxylic acids is 1. The number of piperazine rings is 1. The van der Waals surface area contributed by atoms with Crippen molar-refractivity contribution in [2.45, 2.75) is 13.5 Å². The van der Waals surface area contributed by atoms with E-state index in [1.165, 1.54) is 4.90 Å². The predicted octanol–water partition coefficient (Wildman–Crippen LogP) is 0.608. The molecule has 4 rings (SSSR count). The van der Waals surface area contributed by atoms with Gasteiger partial charge in [0.25, 0.3) is 0 Å². The fourth-order valence-corrected chi connectivity index (χ4v) is 3.60. The molecule has 2 aromatic rings. The predicted molar refractivity (Wildman–Crippen MR) is 94.2 cm³/mol. The summed E-state index contributed by atoms with van der Waals surface area (Å²) in [5.41, 5.74) is 1.77. The number of hydrogen-bond donors (Lipinski definition) is 1. The van der Waals surface area contributed by atoms with Crippen molar-refractivity contribution in [1.82, 2.24) is 4.90 Å². The molecular formula is C20H22N2O4. The summed E-state index contributed by atoms with van der Waals surface area (Å²) in [7, 11) is 2.10. The molecule has 2 aliphatic heterocycles. The first-order valence-electron chi connectivity index (χ1n) is 8.86. The molecule has 0 saturated carbocycles. The lowest BCUT2D eigenvalue weighted by Crippen LogP contribution is -3.13. The van der Waals surface area contributed by atoms with Gasteiger partial charge in [0.05, 0.1) is 24.9 Å². The third-order valence-corrected chi connectivity index (χ3v) is 5.14. The summed E-state index contributed by atoms with van der Waals surface area (Å²) in [6, 6.07) is 5.07. The van der Waals surface area contributed by atoms with Gasteiger partial charge >= 0.3 is 0 Å². The number of allylic oxidation sites excluding steroid dienone is 1. The molecule has 0 radical (unpaired) electrons. The zero-order valence-corrected chi connectivity index (χ0v) is 15.0. The summed E-state index contributed by atoms with van der Waals surface area (Å²) < 4.78 is 11.2. The van der Waals surface area contributed by atoms with E-state index >= 15 is 0 Å². The van der Waals surface area contributed by atoms with Gasteiger partial charge in [0.15, 0.2) is 5.76 Å². The average Bonchev–Trinajstić information content (AvgIpc) is 3.22. The Labute approximate surface area is 152 Å². The van der Waals surface area contributed by atoms with Crippen LogP contribution in [-0.2, 0) is 6.54 Å². The first-order valence-corrected chi connectivity index (χ1v) is 8.86. The van der Waals surface area contributed by atoms with Crippen LogP contribution in [0.2, 0.25) is 0 Å². The van der Waals surface area contributed by atoms with Crippen LogP contribution in [0.1, 0.15) is 27.2 Å². The van der Waals surface area contributed by atoms with Crippen LogP contribution in [0.5, 0.6) is 11.5 Å². The van der Waals surface area contributed by atoms with E-state index < -0.39 is 0 Å². The smallest absolute Gasteiger partial charge is 0.232 e. The molecule has 0 spiro atoms. The lowest BCUT2D eigenvalue weighted by molar-refractivity contribution is -0.918. The third kappa shape index (κ3) is 3.02. The third-order valence-electron chi connectivity index (χ3n) is 5.14. The van der Waals surface area contributed by atoms with Crippen molar-refractivity contribution < 1.29 is 24.0 Å². The Balaban J connectivity index is 1.67. The molecule has 1 N–H and O–H groups in total. The number of ketones is 1. The Kier molecular flexibility index (Phi) is 4.30. The van der Waals surface area contributed by atoms with Crippen molar-refractivity contribution in [2.75, 3.05) is 33.2 Å². The second-order valence-electron chi connectivity index (χ2n) is 7.06. The molecule has 2 aliphatic rings. The number of likely N-dealkylation sites (N-methyl/N-ethyl adjacent to an activating group) is 1. The average molecular weight is 354 g/mol. The Morgan fingerprint density at radius 2 is 2.12 bits per heavy atom. The number of fused-ring (bicyclic) bond motifs is 1. The fraction of sp³-hybridized carbons (Fsp3) is 0.350. The molecule has 136 valence electrons. The fourth-order valence-electron chi connectivity index (χ4n) is 3.60. The largest absolute Gasteiger partial charge is 0.872 e. The van der Waals surface area contributed by atoms with Crippen LogP contribution in [-0.4, -0.2) is 43.9 Å². The number of Topliss-reactive ketones (excluding diaryl/α,β-unsaturated/α-hetero) is 1. The van der Waals surface area contributed by atoms with Crippen LogP contribution >= 0.6 is 0 Å². The Morgan fingerprint density at radius 3 is 2.81 bits per heavy atom. The molecule has 1 aromatic heterocycles. The number of quaternary nitrogens is 1. The number of aryl methyl sites for hydroxylation is 1. The van der Waals surface area contributed by atoms with Gasteiger partial charge in [-0.3, -0.25) is 9.69 Å². The lowest BCUT2D eigenvalue weighted by atomic mass is 9.99. The van der Waals surface area contributed by atoms with E-state index in [0.29, 0.717) is 34.7 Å². The number of benzene rings is 1. The number of carbonyl (C=O) groups is 1. The van der Waals surface area contributed by atoms with Crippen molar-refractivity contribution in [2.24, 2.45) is 0 Å². The molecule has 1 fully saturated rings. The van der Waals surface area contributed by atoms with Gasteiger partial charge < -0.3 is 19.2 Å². The number of nitrogens with zero attached hydrogens (tertiary/aromatic N) is 1. The normalized spacial score (nSPS) is 19.8. The molecule has 6 heteroatoms. The monoisotopic (exact) mass is 354 g/mol. The van der Waals surface area contributed by atoms with Gasteiger partial charge in [0.1, 0.15) is 18.1 Å². The van der Waals surface area contributed by atoms with Crippen LogP contribution in [0.3, 0.4) is 0 Å². The summed E-state index contributed by atoms with van der Waals surface area (Å²) >= 11 is 0. The maximum absolute atomic E-state index is 12.8. The molecular weight excluding hydrogens is 332 g/mol. The maximum atomic E-state index is 12.8. The van der Waals surface area contributed by atoms with Crippen molar-refractivity contribution in [3.8, 4) is 11.5 Å². The van der Waals surface area contributed by atoms with Crippen molar-refractivity contribution in [3.05, 3.63) is 52.7 Å². The Hall–Kier alpha value is -2.57. The van der Waals surface area contributed by atoms with Gasteiger partial charge in [-0.05, 0) is 31.7 Å². The van der Waals surface area contributed by atoms with Crippen molar-refractivity contribution >= 4 is 11.9 Å². The van der Waals surface area contributed by atoms with Gasteiger partial charge in [0.2, 0.25) is 5.78 Å². The number of nitrogens with one attached hydrogen (secondary N) is 1. The number of ether oxygens (including phenoxy) is 1. The molecule has 0 unspecified atom stereocenters. The zero-order valence-electron chi connectivity index (χ0n) is 15.0. The lowest BCUT2D eigenvalue weighted by Gasteiger charge is -2.31. The molecule has 0 amide bonds. The molecule has 0 bridgehead atoms. The topological polar surface area (TPSA) is 70.2 Å². The van der Waals surface area contributed by atoms with E-state index in [-0.39, 0.29) is 17.3 Å². The summed E-state index contributed by atoms with van der Waals surface area (Å²) in [5, 5.41) is 12.6. The van der Waals surface area contributed by atoms with E-state index in [1.807, 2.05) is 0 Å². The van der Waals surface area contributed by atoms with E-state index in [2.05, 4.69) is 11.9 Å². The first-order chi connectivity index (χ1) is 12.5. The highest BCUT2D eigenvalue weighted by Crippen LogP contribution is 2.40. The second-order valence-corrected chi connectivity index (χ2v) is 7.06. The zero-order chi connectivity index (χ0) is 18.3. The van der Waals surface area contributed by atoms with Crippen LogP contribution in [0.15, 0.2) is 34.6 Å². The molecule has 0 atom stereocenters. The van der Waals surface area contributed by atoms with E-state index in [4.69, 9.17) is 9.15 Å². The van der Waals surface area contributed by atoms with Gasteiger partial charge in [-0.15, -0.1) is 0 Å². The molecule has 1 saturated heterocycles. The Bertz CT molecular complexity index is 862. The Morgan fingerprint density at radius 1 is 1.35 bits per heavy atom. The standard InChI is InChI=1S/C20H22N2O4/c1-13-10-16(23)15(12-22-7-5-21(2)6-8-22)20-18(13)19(24)17(26-20)11-14-4-3-9-25-14/h3-4,9-11,23H,5-8,12H2,1-2H3. The number of furan rings is 1. The number of hydrogen-bond acceptors (Lipinski definition) is 5. The minimum atomic E-state index is -0.191. The van der Waals surface area contributed by atoms with Crippen LogP contribution in [0.4, 0.5) is 0 Å². The van der Waals surface area contributed by atoms with E-state index in [1.54, 1.807) is 37.5 Å². The van der Waals surface area contributed by atoms with Crippen molar-refractivity contribution in [1.29, 1.82) is 0 Å². The van der Waals surface area contributed by atoms with Crippen LogP contribution in [0.25, 0.3) is 6.08 Å². The van der Waals surface area contributed by atoms with Crippen molar-refractivity contribution in [3.63, 3.8) is 0 Å². The summed E-state index contributed by atoms with van der Waals surface area (Å²) in [4.78, 5) is 16.4. The van der Waals surface area contributed by atoms with Gasteiger partial charge in [-0.2, -0.15) is 0 Å². The first kappa shape index (κ1) is 16.9. The summed E-state index contributed by atoms with van der Waals surface area (Å²) in [5.74, 6) is 0.943. The summed E-state index contributed by atoms with van der Waals surface area (Å²) in [6.07, 6.45) is 3.13. The molecule has 6 nitrogen and oxygen atoms in total. The van der Waals surface area contributed by atoms with E-state index in [0.717, 1.165) is 26.2 Å². The highest BCUT2D eigenvalue weighted by Gasteiger charge is 2.33. The summed E-state index contributed by atoms with van der Waals surface area (Å²) in [6.45, 7) is 6.31. The molecule has 3 heterocycles. The van der Waals surface area contributed by atoms with Gasteiger partial charge in [0, 0.05) is 24.7 Å². The minimum absolute atomic E-state index is 0.0558.